The molecule has 7 nitrogen and oxygen atoms in total. The van der Waals surface area contributed by atoms with Gasteiger partial charge in [0.15, 0.2) is 0 Å². The quantitative estimate of drug-likeness (QED) is 0.903. The van der Waals surface area contributed by atoms with Crippen LogP contribution in [0.5, 0.6) is 0 Å². The number of carboxylic acids is 1. The van der Waals surface area contributed by atoms with Crippen LogP contribution in [0.3, 0.4) is 0 Å². The van der Waals surface area contributed by atoms with Gasteiger partial charge in [0.05, 0.1) is 11.6 Å². The maximum absolute atomic E-state index is 13.0. The summed E-state index contributed by atoms with van der Waals surface area (Å²) in [7, 11) is 0. The summed E-state index contributed by atoms with van der Waals surface area (Å²) in [6.45, 7) is 0.443. The number of aliphatic carboxylic acids is 1. The zero-order valence-corrected chi connectivity index (χ0v) is 12.6. The Kier molecular flexibility index (Phi) is 4.11. The van der Waals surface area contributed by atoms with E-state index >= 15 is 0 Å². The number of aromatic nitrogens is 2. The monoisotopic (exact) mass is 331 g/mol. The van der Waals surface area contributed by atoms with Crippen molar-refractivity contribution in [2.75, 3.05) is 13.1 Å². The van der Waals surface area contributed by atoms with Gasteiger partial charge in [-0.3, -0.25) is 14.4 Å². The smallest absolute Gasteiger partial charge is 0.308 e. The summed E-state index contributed by atoms with van der Waals surface area (Å²) in [5.41, 5.74) is -0.0890. The van der Waals surface area contributed by atoms with Crippen molar-refractivity contribution >= 4 is 11.9 Å². The lowest BCUT2D eigenvalue weighted by Gasteiger charge is -2.15. The van der Waals surface area contributed by atoms with E-state index in [1.807, 2.05) is 0 Å². The fourth-order valence-corrected chi connectivity index (χ4v) is 2.60. The molecule has 124 valence electrons. The summed E-state index contributed by atoms with van der Waals surface area (Å²) in [4.78, 5) is 36.8. The highest BCUT2D eigenvalue weighted by molar-refractivity contribution is 5.92. The van der Waals surface area contributed by atoms with E-state index in [-0.39, 0.29) is 12.2 Å². The average molecular weight is 331 g/mol. The van der Waals surface area contributed by atoms with Crippen molar-refractivity contribution in [2.24, 2.45) is 5.92 Å². The maximum Gasteiger partial charge on any atom is 0.308 e. The van der Waals surface area contributed by atoms with Gasteiger partial charge in [-0.05, 0) is 36.8 Å². The van der Waals surface area contributed by atoms with Crippen molar-refractivity contribution in [2.45, 2.75) is 6.42 Å². The third-order valence-electron chi connectivity index (χ3n) is 3.92. The summed E-state index contributed by atoms with van der Waals surface area (Å²) in [6.07, 6.45) is 0.388. The Hall–Kier alpha value is -3.03. The molecule has 0 spiro atoms. The fourth-order valence-electron chi connectivity index (χ4n) is 2.60. The van der Waals surface area contributed by atoms with Crippen LogP contribution in [0.15, 0.2) is 41.2 Å². The summed E-state index contributed by atoms with van der Waals surface area (Å²) in [6, 6.07) is 7.65. The van der Waals surface area contributed by atoms with Gasteiger partial charge in [0.1, 0.15) is 11.5 Å². The molecule has 1 aromatic carbocycles. The van der Waals surface area contributed by atoms with E-state index in [0.29, 0.717) is 18.7 Å². The number of hydrogen-bond donors (Lipinski definition) is 1. The van der Waals surface area contributed by atoms with Crippen LogP contribution >= 0.6 is 0 Å². The highest BCUT2D eigenvalue weighted by Gasteiger charge is 2.32. The molecule has 1 N–H and O–H groups in total. The van der Waals surface area contributed by atoms with Gasteiger partial charge in [0.2, 0.25) is 0 Å². The van der Waals surface area contributed by atoms with Crippen molar-refractivity contribution in [3.8, 4) is 5.69 Å². The van der Waals surface area contributed by atoms with Gasteiger partial charge in [0, 0.05) is 19.2 Å². The minimum absolute atomic E-state index is 0.0324. The number of rotatable bonds is 3. The molecule has 24 heavy (non-hydrogen) atoms. The van der Waals surface area contributed by atoms with Gasteiger partial charge < -0.3 is 10.0 Å². The van der Waals surface area contributed by atoms with E-state index in [0.717, 1.165) is 4.68 Å². The SMILES string of the molecule is O=C(O)[C@H]1CCN(C(=O)c2ccc(=O)n(-c3ccc(F)cc3)n2)C1. The Labute approximate surface area is 135 Å². The predicted octanol–water partition coefficient (Wildman–Crippen LogP) is 0.918. The normalized spacial score (nSPS) is 17.0. The number of carbonyl (C=O) groups excluding carboxylic acids is 1. The largest absolute Gasteiger partial charge is 0.481 e. The lowest BCUT2D eigenvalue weighted by atomic mass is 10.1. The second-order valence-electron chi connectivity index (χ2n) is 5.52. The second kappa shape index (κ2) is 6.23. The van der Waals surface area contributed by atoms with Crippen LogP contribution in [-0.4, -0.2) is 44.8 Å². The van der Waals surface area contributed by atoms with E-state index in [1.165, 1.54) is 41.3 Å². The molecule has 0 aliphatic carbocycles. The Bertz CT molecular complexity index is 847. The summed E-state index contributed by atoms with van der Waals surface area (Å²) in [5.74, 6) is -2.41. The van der Waals surface area contributed by atoms with E-state index < -0.39 is 29.2 Å². The molecule has 0 unspecified atom stereocenters. The molecular weight excluding hydrogens is 317 g/mol. The number of amides is 1. The molecule has 2 heterocycles. The molecule has 0 saturated carbocycles. The predicted molar refractivity (Wildman–Crippen MR) is 81.4 cm³/mol. The number of nitrogens with zero attached hydrogens (tertiary/aromatic N) is 3. The van der Waals surface area contributed by atoms with Crippen LogP contribution in [0.2, 0.25) is 0 Å². The van der Waals surface area contributed by atoms with Gasteiger partial charge in [0.25, 0.3) is 11.5 Å². The van der Waals surface area contributed by atoms with Gasteiger partial charge in [-0.2, -0.15) is 9.78 Å². The minimum Gasteiger partial charge on any atom is -0.481 e. The first kappa shape index (κ1) is 15.9. The lowest BCUT2D eigenvalue weighted by molar-refractivity contribution is -0.141. The van der Waals surface area contributed by atoms with Gasteiger partial charge in [-0.15, -0.1) is 0 Å². The van der Waals surface area contributed by atoms with Crippen molar-refractivity contribution < 1.29 is 19.1 Å². The molecular formula is C16H14FN3O4. The van der Waals surface area contributed by atoms with Crippen molar-refractivity contribution in [1.82, 2.24) is 14.7 Å². The van der Waals surface area contributed by atoms with Gasteiger partial charge in [-0.1, -0.05) is 0 Å². The van der Waals surface area contributed by atoms with Crippen molar-refractivity contribution in [1.29, 1.82) is 0 Å². The zero-order valence-electron chi connectivity index (χ0n) is 12.6. The van der Waals surface area contributed by atoms with Gasteiger partial charge >= 0.3 is 5.97 Å². The van der Waals surface area contributed by atoms with Crippen LogP contribution in [0.25, 0.3) is 5.69 Å². The molecule has 1 atom stereocenters. The number of benzene rings is 1. The molecule has 1 amide bonds. The minimum atomic E-state index is -0.936. The molecule has 1 aliphatic heterocycles. The van der Waals surface area contributed by atoms with Crippen LogP contribution in [0.4, 0.5) is 4.39 Å². The van der Waals surface area contributed by atoms with Crippen molar-refractivity contribution in [3.63, 3.8) is 0 Å². The molecule has 1 saturated heterocycles. The van der Waals surface area contributed by atoms with Crippen molar-refractivity contribution in [3.05, 3.63) is 58.3 Å². The maximum atomic E-state index is 13.0. The van der Waals surface area contributed by atoms with Crippen LogP contribution in [0.1, 0.15) is 16.9 Å². The molecule has 0 bridgehead atoms. The molecule has 8 heteroatoms. The van der Waals surface area contributed by atoms with E-state index in [2.05, 4.69) is 5.10 Å². The Morgan fingerprint density at radius 1 is 1.17 bits per heavy atom. The standard InChI is InChI=1S/C16H14FN3O4/c17-11-1-3-12(4-2-11)20-14(21)6-5-13(18-20)15(22)19-8-7-10(9-19)16(23)24/h1-6,10H,7-9H2,(H,23,24)/t10-/m0/s1. The van der Waals surface area contributed by atoms with Crippen LogP contribution < -0.4 is 5.56 Å². The molecule has 1 aromatic heterocycles. The van der Waals surface area contributed by atoms with E-state index in [4.69, 9.17) is 5.11 Å². The Morgan fingerprint density at radius 3 is 2.50 bits per heavy atom. The Balaban J connectivity index is 1.88. The molecule has 0 radical (unpaired) electrons. The fraction of sp³-hybridized carbons (Fsp3) is 0.250. The first-order chi connectivity index (χ1) is 11.5. The third kappa shape index (κ3) is 3.03. The second-order valence-corrected chi connectivity index (χ2v) is 5.52. The Morgan fingerprint density at radius 2 is 1.88 bits per heavy atom. The molecule has 1 fully saturated rings. The van der Waals surface area contributed by atoms with Crippen LogP contribution in [0, 0.1) is 11.7 Å². The number of carboxylic acid groups (broad SMARTS) is 1. The highest BCUT2D eigenvalue weighted by atomic mass is 19.1. The summed E-state index contributed by atoms with van der Waals surface area (Å²) < 4.78 is 14.0. The van der Waals surface area contributed by atoms with E-state index in [1.54, 1.807) is 0 Å². The number of carbonyl (C=O) groups is 2. The molecule has 2 aromatic rings. The first-order valence-electron chi connectivity index (χ1n) is 7.34. The summed E-state index contributed by atoms with van der Waals surface area (Å²) in [5, 5.41) is 13.0. The molecule has 3 rings (SSSR count). The first-order valence-corrected chi connectivity index (χ1v) is 7.34. The number of likely N-dealkylation sites (tertiary alicyclic amines) is 1. The number of halogens is 1. The number of hydrogen-bond acceptors (Lipinski definition) is 4. The summed E-state index contributed by atoms with van der Waals surface area (Å²) >= 11 is 0. The highest BCUT2D eigenvalue weighted by Crippen LogP contribution is 2.18. The zero-order chi connectivity index (χ0) is 17.3. The average Bonchev–Trinajstić information content (AvgIpc) is 3.06. The lowest BCUT2D eigenvalue weighted by Crippen LogP contribution is -2.32. The van der Waals surface area contributed by atoms with Crippen LogP contribution in [-0.2, 0) is 4.79 Å². The van der Waals surface area contributed by atoms with E-state index in [9.17, 15) is 18.8 Å². The molecule has 1 aliphatic rings. The third-order valence-corrected chi connectivity index (χ3v) is 3.92. The topological polar surface area (TPSA) is 92.5 Å². The van der Waals surface area contributed by atoms with Gasteiger partial charge in [-0.25, -0.2) is 4.39 Å².